The molecular weight excluding hydrogens is 372 g/mol. The maximum absolute atomic E-state index is 13.1. The predicted molar refractivity (Wildman–Crippen MR) is 98.4 cm³/mol. The third-order valence-electron chi connectivity index (χ3n) is 4.45. The van der Waals surface area contributed by atoms with Gasteiger partial charge in [-0.1, -0.05) is 22.9 Å². The zero-order chi connectivity index (χ0) is 19.1. The maximum atomic E-state index is 13.1. The molecule has 2 heterocycles. The van der Waals surface area contributed by atoms with Crippen molar-refractivity contribution in [2.45, 2.75) is 12.1 Å². The van der Waals surface area contributed by atoms with E-state index in [-0.39, 0.29) is 0 Å². The molecular formula is C18H15ClN4O4. The lowest BCUT2D eigenvalue weighted by Gasteiger charge is -2.21. The Bertz CT molecular complexity index is 942. The minimum absolute atomic E-state index is 0.358. The van der Waals surface area contributed by atoms with Gasteiger partial charge in [0.15, 0.2) is 12.1 Å². The van der Waals surface area contributed by atoms with Crippen molar-refractivity contribution < 1.29 is 19.1 Å². The van der Waals surface area contributed by atoms with Crippen molar-refractivity contribution in [2.75, 3.05) is 24.1 Å². The number of rotatable bonds is 4. The van der Waals surface area contributed by atoms with Crippen LogP contribution >= 0.6 is 11.6 Å². The van der Waals surface area contributed by atoms with Crippen molar-refractivity contribution in [3.63, 3.8) is 0 Å². The minimum atomic E-state index is -0.909. The second-order valence-electron chi connectivity index (χ2n) is 6.00. The Hall–Kier alpha value is -3.13. The van der Waals surface area contributed by atoms with Gasteiger partial charge < -0.3 is 9.47 Å². The maximum Gasteiger partial charge on any atom is 0.263 e. The van der Waals surface area contributed by atoms with E-state index in [2.05, 4.69) is 10.3 Å². The number of fused-ring (bicyclic) bond motifs is 1. The van der Waals surface area contributed by atoms with Gasteiger partial charge in [-0.3, -0.25) is 9.59 Å². The SMILES string of the molecule is COc1cc(OC)cc(N2C(=O)[C@@H]3N=NN(c4cccc(Cl)c4)[C@H]3C2=O)c1. The second-order valence-corrected chi connectivity index (χ2v) is 6.44. The molecule has 0 radical (unpaired) electrons. The van der Waals surface area contributed by atoms with Gasteiger partial charge >= 0.3 is 0 Å². The Kier molecular flexibility index (Phi) is 4.19. The summed E-state index contributed by atoms with van der Waals surface area (Å²) in [6.45, 7) is 0. The smallest absolute Gasteiger partial charge is 0.263 e. The molecule has 0 bridgehead atoms. The lowest BCUT2D eigenvalue weighted by Crippen LogP contribution is -2.39. The van der Waals surface area contributed by atoms with Crippen molar-refractivity contribution in [3.8, 4) is 11.5 Å². The van der Waals surface area contributed by atoms with Gasteiger partial charge in [-0.05, 0) is 18.2 Å². The summed E-state index contributed by atoms with van der Waals surface area (Å²) in [7, 11) is 2.99. The van der Waals surface area contributed by atoms with Crippen molar-refractivity contribution in [2.24, 2.45) is 10.3 Å². The zero-order valence-electron chi connectivity index (χ0n) is 14.5. The molecule has 2 amide bonds. The topological polar surface area (TPSA) is 83.8 Å². The Morgan fingerprint density at radius 2 is 1.67 bits per heavy atom. The third-order valence-corrected chi connectivity index (χ3v) is 4.68. The van der Waals surface area contributed by atoms with Crippen molar-refractivity contribution in [3.05, 3.63) is 47.5 Å². The van der Waals surface area contributed by atoms with Crippen LogP contribution in [-0.2, 0) is 9.59 Å². The van der Waals surface area contributed by atoms with Gasteiger partial charge in [0.25, 0.3) is 11.8 Å². The van der Waals surface area contributed by atoms with E-state index in [1.165, 1.54) is 19.2 Å². The van der Waals surface area contributed by atoms with Crippen LogP contribution in [0.25, 0.3) is 0 Å². The summed E-state index contributed by atoms with van der Waals surface area (Å²) < 4.78 is 10.5. The number of imide groups is 1. The number of nitrogens with zero attached hydrogens (tertiary/aromatic N) is 4. The zero-order valence-corrected chi connectivity index (χ0v) is 15.3. The Morgan fingerprint density at radius 1 is 0.963 bits per heavy atom. The van der Waals surface area contributed by atoms with Crippen molar-refractivity contribution >= 4 is 34.8 Å². The van der Waals surface area contributed by atoms with E-state index in [1.807, 2.05) is 0 Å². The molecule has 27 heavy (non-hydrogen) atoms. The number of hydrogen-bond donors (Lipinski definition) is 0. The molecule has 0 aromatic heterocycles. The lowest BCUT2D eigenvalue weighted by atomic mass is 10.1. The Labute approximate surface area is 159 Å². The summed E-state index contributed by atoms with van der Waals surface area (Å²) in [5.41, 5.74) is 0.946. The first-order chi connectivity index (χ1) is 13.0. The number of amides is 2. The molecule has 1 saturated heterocycles. The summed E-state index contributed by atoms with van der Waals surface area (Å²) in [6, 6.07) is 9.97. The fraction of sp³-hybridized carbons (Fsp3) is 0.222. The molecule has 0 unspecified atom stereocenters. The monoisotopic (exact) mass is 386 g/mol. The van der Waals surface area contributed by atoms with E-state index in [9.17, 15) is 9.59 Å². The number of methoxy groups -OCH3 is 2. The molecule has 2 aromatic rings. The van der Waals surface area contributed by atoms with Gasteiger partial charge in [-0.25, -0.2) is 9.91 Å². The van der Waals surface area contributed by atoms with Crippen LogP contribution in [-0.4, -0.2) is 38.1 Å². The highest BCUT2D eigenvalue weighted by Gasteiger charge is 2.55. The van der Waals surface area contributed by atoms with E-state index in [4.69, 9.17) is 21.1 Å². The third kappa shape index (κ3) is 2.78. The molecule has 8 nitrogen and oxygen atoms in total. The first kappa shape index (κ1) is 17.3. The van der Waals surface area contributed by atoms with Gasteiger partial charge in [0.05, 0.1) is 25.6 Å². The normalized spacial score (nSPS) is 21.0. The molecule has 4 rings (SSSR count). The number of halogens is 1. The van der Waals surface area contributed by atoms with Crippen molar-refractivity contribution in [1.82, 2.24) is 0 Å². The highest BCUT2D eigenvalue weighted by Crippen LogP contribution is 2.37. The largest absolute Gasteiger partial charge is 0.497 e. The van der Waals surface area contributed by atoms with Gasteiger partial charge in [0.2, 0.25) is 0 Å². The lowest BCUT2D eigenvalue weighted by molar-refractivity contribution is -0.121. The number of benzene rings is 2. The second kappa shape index (κ2) is 6.55. The summed E-state index contributed by atoms with van der Waals surface area (Å²) in [5.74, 6) is 0.0598. The molecule has 2 aliphatic heterocycles. The van der Waals surface area contributed by atoms with Crippen LogP contribution in [0.4, 0.5) is 11.4 Å². The van der Waals surface area contributed by atoms with Crippen LogP contribution in [0.5, 0.6) is 11.5 Å². The molecule has 0 aliphatic carbocycles. The number of carbonyl (C=O) groups is 2. The molecule has 138 valence electrons. The average Bonchev–Trinajstić information content (AvgIpc) is 3.21. The molecule has 1 fully saturated rings. The van der Waals surface area contributed by atoms with E-state index in [0.29, 0.717) is 27.9 Å². The van der Waals surface area contributed by atoms with E-state index >= 15 is 0 Å². The number of hydrogen-bond acceptors (Lipinski definition) is 7. The minimum Gasteiger partial charge on any atom is -0.497 e. The van der Waals surface area contributed by atoms with Crippen LogP contribution in [0.15, 0.2) is 52.8 Å². The van der Waals surface area contributed by atoms with Crippen molar-refractivity contribution in [1.29, 1.82) is 0 Å². The van der Waals surface area contributed by atoms with Crippen LogP contribution in [0.3, 0.4) is 0 Å². The first-order valence-corrected chi connectivity index (χ1v) is 8.47. The Balaban J connectivity index is 1.72. The average molecular weight is 387 g/mol. The van der Waals surface area contributed by atoms with Crippen LogP contribution in [0.1, 0.15) is 0 Å². The van der Waals surface area contributed by atoms with E-state index in [1.54, 1.807) is 42.5 Å². The highest BCUT2D eigenvalue weighted by atomic mass is 35.5. The van der Waals surface area contributed by atoms with Gasteiger partial charge in [0, 0.05) is 23.2 Å². The quantitative estimate of drug-likeness (QED) is 0.754. The van der Waals surface area contributed by atoms with E-state index < -0.39 is 23.9 Å². The van der Waals surface area contributed by atoms with Gasteiger partial charge in [-0.2, -0.15) is 5.11 Å². The first-order valence-electron chi connectivity index (χ1n) is 8.10. The molecule has 0 spiro atoms. The summed E-state index contributed by atoms with van der Waals surface area (Å²) >= 11 is 6.03. The standard InChI is InChI=1S/C18H15ClN4O4/c1-26-13-7-12(8-14(9-13)27-2)22-17(24)15-16(18(22)25)23(21-20-15)11-5-3-4-10(19)6-11/h3-9,15-16H,1-2H3/t15-,16-/m1/s1. The molecule has 0 saturated carbocycles. The van der Waals surface area contributed by atoms with Gasteiger partial charge in [0.1, 0.15) is 11.5 Å². The van der Waals surface area contributed by atoms with Crippen LogP contribution in [0, 0.1) is 0 Å². The fourth-order valence-corrected chi connectivity index (χ4v) is 3.35. The van der Waals surface area contributed by atoms with Crippen LogP contribution in [0.2, 0.25) is 5.02 Å². The summed E-state index contributed by atoms with van der Waals surface area (Å²) in [4.78, 5) is 27.0. The summed E-state index contributed by atoms with van der Waals surface area (Å²) in [5, 5.41) is 9.94. The molecule has 2 aliphatic rings. The molecule has 2 atom stereocenters. The number of anilines is 2. The molecule has 9 heteroatoms. The highest BCUT2D eigenvalue weighted by molar-refractivity contribution is 6.31. The molecule has 2 aromatic carbocycles. The number of ether oxygens (including phenoxy) is 2. The van der Waals surface area contributed by atoms with Crippen LogP contribution < -0.4 is 19.4 Å². The number of carbonyl (C=O) groups excluding carboxylic acids is 2. The predicted octanol–water partition coefficient (Wildman–Crippen LogP) is 2.86. The van der Waals surface area contributed by atoms with Gasteiger partial charge in [-0.15, -0.1) is 0 Å². The summed E-state index contributed by atoms with van der Waals surface area (Å²) in [6.07, 6.45) is 0. The van der Waals surface area contributed by atoms with E-state index in [0.717, 1.165) is 4.90 Å². The fourth-order valence-electron chi connectivity index (χ4n) is 3.17. The Morgan fingerprint density at radius 3 is 2.30 bits per heavy atom. The molecule has 0 N–H and O–H groups in total.